The predicted molar refractivity (Wildman–Crippen MR) is 72.0 cm³/mol. The van der Waals surface area contributed by atoms with Crippen LogP contribution in [0.3, 0.4) is 0 Å². The van der Waals surface area contributed by atoms with Crippen LogP contribution in [-0.4, -0.2) is 49.8 Å². The van der Waals surface area contributed by atoms with Crippen molar-refractivity contribution >= 4 is 17.2 Å². The first-order chi connectivity index (χ1) is 9.24. The van der Waals surface area contributed by atoms with E-state index in [4.69, 9.17) is 9.47 Å². The molecule has 5 nitrogen and oxygen atoms in total. The lowest BCUT2D eigenvalue weighted by molar-refractivity contribution is -0.133. The molecule has 1 aromatic rings. The van der Waals surface area contributed by atoms with Gasteiger partial charge in [0.2, 0.25) is 5.91 Å². The van der Waals surface area contributed by atoms with Crippen LogP contribution in [0.15, 0.2) is 16.8 Å². The van der Waals surface area contributed by atoms with Crippen LogP contribution in [0.5, 0.6) is 0 Å². The Balaban J connectivity index is 1.79. The number of ether oxygens (including phenoxy) is 2. The van der Waals surface area contributed by atoms with Crippen LogP contribution < -0.4 is 5.32 Å². The highest BCUT2D eigenvalue weighted by Crippen LogP contribution is 2.30. The molecular formula is C13H18N2O3S. The molecule has 2 aliphatic rings. The topological polar surface area (TPSA) is 50.8 Å². The molecule has 1 amide bonds. The minimum absolute atomic E-state index is 0.0358. The minimum atomic E-state index is -0.351. The summed E-state index contributed by atoms with van der Waals surface area (Å²) in [5.74, 6) is 0.125. The third-order valence-electron chi connectivity index (χ3n) is 3.90. The number of hydrogen-bond acceptors (Lipinski definition) is 5. The van der Waals surface area contributed by atoms with E-state index in [9.17, 15) is 4.79 Å². The SMILES string of the molecule is COC1(CN2C(=O)CNC2c2ccsc2)CCOC1. The summed E-state index contributed by atoms with van der Waals surface area (Å²) in [7, 11) is 1.70. The van der Waals surface area contributed by atoms with Gasteiger partial charge >= 0.3 is 0 Å². The Bertz CT molecular complexity index is 443. The van der Waals surface area contributed by atoms with Crippen molar-refractivity contribution in [1.29, 1.82) is 0 Å². The molecule has 1 N–H and O–H groups in total. The van der Waals surface area contributed by atoms with E-state index in [1.165, 1.54) is 0 Å². The Labute approximate surface area is 116 Å². The molecular weight excluding hydrogens is 264 g/mol. The van der Waals surface area contributed by atoms with E-state index in [1.807, 2.05) is 10.3 Å². The highest BCUT2D eigenvalue weighted by molar-refractivity contribution is 7.07. The van der Waals surface area contributed by atoms with Crippen molar-refractivity contribution in [1.82, 2.24) is 10.2 Å². The molecule has 6 heteroatoms. The zero-order valence-corrected chi connectivity index (χ0v) is 11.7. The molecule has 1 aromatic heterocycles. The summed E-state index contributed by atoms with van der Waals surface area (Å²) in [6.07, 6.45) is 0.801. The van der Waals surface area contributed by atoms with Crippen molar-refractivity contribution in [3.63, 3.8) is 0 Å². The maximum Gasteiger partial charge on any atom is 0.238 e. The van der Waals surface area contributed by atoms with Crippen molar-refractivity contribution in [2.24, 2.45) is 0 Å². The van der Waals surface area contributed by atoms with Crippen LogP contribution >= 0.6 is 11.3 Å². The highest BCUT2D eigenvalue weighted by Gasteiger charge is 2.42. The molecule has 0 spiro atoms. The van der Waals surface area contributed by atoms with Crippen LogP contribution in [0.4, 0.5) is 0 Å². The maximum atomic E-state index is 12.1. The Hall–Kier alpha value is -0.950. The van der Waals surface area contributed by atoms with E-state index < -0.39 is 0 Å². The van der Waals surface area contributed by atoms with Gasteiger partial charge in [-0.1, -0.05) is 0 Å². The predicted octanol–water partition coefficient (Wildman–Crippen LogP) is 0.984. The first kappa shape index (κ1) is 13.1. The summed E-state index contributed by atoms with van der Waals surface area (Å²) in [6, 6.07) is 2.05. The van der Waals surface area contributed by atoms with Gasteiger partial charge in [-0.3, -0.25) is 10.1 Å². The molecule has 3 rings (SSSR count). The number of nitrogens with one attached hydrogen (secondary N) is 1. The largest absolute Gasteiger partial charge is 0.378 e. The molecule has 0 aliphatic carbocycles. The molecule has 2 unspecified atom stereocenters. The van der Waals surface area contributed by atoms with E-state index in [2.05, 4.69) is 16.8 Å². The molecule has 3 heterocycles. The van der Waals surface area contributed by atoms with E-state index in [0.29, 0.717) is 26.3 Å². The van der Waals surface area contributed by atoms with Crippen LogP contribution in [0.1, 0.15) is 18.2 Å². The first-order valence-corrected chi connectivity index (χ1v) is 7.36. The number of carbonyl (C=O) groups excluding carboxylic acids is 1. The molecule has 0 radical (unpaired) electrons. The Morgan fingerprint density at radius 2 is 2.58 bits per heavy atom. The maximum absolute atomic E-state index is 12.1. The monoisotopic (exact) mass is 282 g/mol. The molecule has 19 heavy (non-hydrogen) atoms. The second-order valence-corrected chi connectivity index (χ2v) is 5.83. The van der Waals surface area contributed by atoms with Crippen molar-refractivity contribution in [2.75, 3.05) is 33.4 Å². The lowest BCUT2D eigenvalue weighted by Gasteiger charge is -2.33. The number of rotatable bonds is 4. The van der Waals surface area contributed by atoms with E-state index >= 15 is 0 Å². The van der Waals surface area contributed by atoms with Crippen LogP contribution in [0.25, 0.3) is 0 Å². The van der Waals surface area contributed by atoms with Crippen LogP contribution in [0.2, 0.25) is 0 Å². The fourth-order valence-corrected chi connectivity index (χ4v) is 3.38. The zero-order valence-electron chi connectivity index (χ0n) is 10.9. The molecule has 0 bridgehead atoms. The summed E-state index contributed by atoms with van der Waals surface area (Å²) in [5, 5.41) is 7.37. The third kappa shape index (κ3) is 2.41. The van der Waals surface area contributed by atoms with Crippen molar-refractivity contribution in [2.45, 2.75) is 18.2 Å². The first-order valence-electron chi connectivity index (χ1n) is 6.42. The average Bonchev–Trinajstić information content (AvgIpc) is 3.13. The van der Waals surface area contributed by atoms with E-state index in [-0.39, 0.29) is 17.7 Å². The molecule has 2 aliphatic heterocycles. The number of methoxy groups -OCH3 is 1. The second-order valence-electron chi connectivity index (χ2n) is 5.05. The van der Waals surface area contributed by atoms with Gasteiger partial charge in [0.1, 0.15) is 11.8 Å². The number of thiophene rings is 1. The smallest absolute Gasteiger partial charge is 0.238 e. The fraction of sp³-hybridized carbons (Fsp3) is 0.615. The second kappa shape index (κ2) is 5.20. The lowest BCUT2D eigenvalue weighted by Crippen LogP contribution is -2.47. The van der Waals surface area contributed by atoms with Gasteiger partial charge in [-0.25, -0.2) is 0 Å². The molecule has 0 saturated carbocycles. The summed E-state index contributed by atoms with van der Waals surface area (Å²) < 4.78 is 11.1. The van der Waals surface area contributed by atoms with Gasteiger partial charge in [0.25, 0.3) is 0 Å². The molecule has 104 valence electrons. The van der Waals surface area contributed by atoms with Crippen molar-refractivity contribution in [3.05, 3.63) is 22.4 Å². The lowest BCUT2D eigenvalue weighted by atomic mass is 10.0. The summed E-state index contributed by atoms with van der Waals surface area (Å²) in [6.45, 7) is 2.23. The van der Waals surface area contributed by atoms with Gasteiger partial charge in [0, 0.05) is 20.1 Å². The van der Waals surface area contributed by atoms with E-state index in [1.54, 1.807) is 18.4 Å². The Morgan fingerprint density at radius 3 is 3.21 bits per heavy atom. The molecule has 2 saturated heterocycles. The summed E-state index contributed by atoms with van der Waals surface area (Å²) in [5.41, 5.74) is 0.789. The molecule has 2 atom stereocenters. The Kier molecular flexibility index (Phi) is 3.58. The third-order valence-corrected chi connectivity index (χ3v) is 4.60. The quantitative estimate of drug-likeness (QED) is 0.894. The van der Waals surface area contributed by atoms with Crippen LogP contribution in [-0.2, 0) is 14.3 Å². The van der Waals surface area contributed by atoms with Gasteiger partial charge < -0.3 is 14.4 Å². The molecule has 2 fully saturated rings. The normalized spacial score (nSPS) is 31.3. The Morgan fingerprint density at radius 1 is 1.68 bits per heavy atom. The average molecular weight is 282 g/mol. The zero-order chi connectivity index (χ0) is 13.3. The number of carbonyl (C=O) groups is 1. The minimum Gasteiger partial charge on any atom is -0.378 e. The number of amides is 1. The van der Waals surface area contributed by atoms with Gasteiger partial charge in [0.15, 0.2) is 0 Å². The van der Waals surface area contributed by atoms with E-state index in [0.717, 1.165) is 12.0 Å². The van der Waals surface area contributed by atoms with Gasteiger partial charge in [-0.2, -0.15) is 11.3 Å². The van der Waals surface area contributed by atoms with Gasteiger partial charge in [-0.15, -0.1) is 0 Å². The number of nitrogens with zero attached hydrogens (tertiary/aromatic N) is 1. The van der Waals surface area contributed by atoms with Crippen molar-refractivity contribution < 1.29 is 14.3 Å². The highest BCUT2D eigenvalue weighted by atomic mass is 32.1. The standard InChI is InChI=1S/C13H18N2O3S/c1-17-13(3-4-18-9-13)8-15-11(16)6-14-12(15)10-2-5-19-7-10/h2,5,7,12,14H,3-4,6,8-9H2,1H3. The molecule has 0 aromatic carbocycles. The van der Waals surface area contributed by atoms with Gasteiger partial charge in [-0.05, 0) is 22.4 Å². The fourth-order valence-electron chi connectivity index (χ4n) is 2.70. The van der Waals surface area contributed by atoms with Crippen LogP contribution in [0, 0.1) is 0 Å². The van der Waals surface area contributed by atoms with Gasteiger partial charge in [0.05, 0.1) is 19.7 Å². The summed E-state index contributed by atoms with van der Waals surface area (Å²) in [4.78, 5) is 14.0. The van der Waals surface area contributed by atoms with Crippen molar-refractivity contribution in [3.8, 4) is 0 Å². The summed E-state index contributed by atoms with van der Waals surface area (Å²) >= 11 is 1.64. The number of hydrogen-bond donors (Lipinski definition) is 1.